The fraction of sp³-hybridized carbons (Fsp3) is 0. The smallest absolute Gasteiger partial charge is 0.744 e. The second-order valence-electron chi connectivity index (χ2n) is 4.14. The first kappa shape index (κ1) is 28.6. The molecule has 9 nitrogen and oxygen atoms in total. The van der Waals surface area contributed by atoms with Gasteiger partial charge in [0.05, 0.1) is 14.7 Å². The van der Waals surface area contributed by atoms with Crippen molar-refractivity contribution in [1.29, 1.82) is 0 Å². The average molecular weight is 434 g/mol. The Kier molecular flexibility index (Phi) is 11.2. The van der Waals surface area contributed by atoms with Gasteiger partial charge in [-0.15, -0.1) is 0 Å². The molecule has 0 heterocycles. The van der Waals surface area contributed by atoms with Gasteiger partial charge in [-0.05, 0) is 23.6 Å². The first-order valence-electron chi connectivity index (χ1n) is 5.26. The standard InChI is InChI=1S/C10H8O9S3.3Na/c11-20(12,13)7-3-1-6-2-4-9(21(14,15)16)10(8(6)5-7)22(17,18)19;;;/h1-5H,(H,11,12,13)(H,14,15,16)(H,17,18,19);;;/q;3*+1/p-3. The fourth-order valence-electron chi connectivity index (χ4n) is 1.86. The Morgan fingerprint density at radius 2 is 1.12 bits per heavy atom. The van der Waals surface area contributed by atoms with Gasteiger partial charge in [-0.2, -0.15) is 0 Å². The van der Waals surface area contributed by atoms with Crippen LogP contribution >= 0.6 is 0 Å². The van der Waals surface area contributed by atoms with Crippen LogP contribution in [0.2, 0.25) is 0 Å². The van der Waals surface area contributed by atoms with Crippen molar-refractivity contribution in [2.24, 2.45) is 0 Å². The Labute approximate surface area is 210 Å². The summed E-state index contributed by atoms with van der Waals surface area (Å²) in [5, 5.41) is -0.668. The molecular weight excluding hydrogens is 429 g/mol. The maximum absolute atomic E-state index is 11.3. The minimum atomic E-state index is -5.43. The number of hydrogen-bond donors (Lipinski definition) is 0. The van der Waals surface area contributed by atoms with E-state index in [1.54, 1.807) is 0 Å². The van der Waals surface area contributed by atoms with Crippen molar-refractivity contribution >= 4 is 41.1 Å². The molecule has 2 aromatic rings. The van der Waals surface area contributed by atoms with E-state index >= 15 is 0 Å². The normalized spacial score (nSPS) is 11.8. The van der Waals surface area contributed by atoms with Gasteiger partial charge in [0.2, 0.25) is 0 Å². The number of rotatable bonds is 3. The molecule has 0 radical (unpaired) electrons. The molecule has 2 rings (SSSR count). The van der Waals surface area contributed by atoms with E-state index in [0.29, 0.717) is 12.1 Å². The van der Waals surface area contributed by atoms with Crippen LogP contribution < -0.4 is 88.7 Å². The average Bonchev–Trinajstić information content (AvgIpc) is 2.33. The summed E-state index contributed by atoms with van der Waals surface area (Å²) in [6.07, 6.45) is 0. The summed E-state index contributed by atoms with van der Waals surface area (Å²) in [4.78, 5) is -3.56. The molecule has 0 saturated heterocycles. The van der Waals surface area contributed by atoms with Crippen LogP contribution in [0, 0.1) is 0 Å². The van der Waals surface area contributed by atoms with E-state index in [1.165, 1.54) is 0 Å². The molecule has 0 fully saturated rings. The molecule has 0 unspecified atom stereocenters. The summed E-state index contributed by atoms with van der Waals surface area (Å²) >= 11 is 0. The minimum Gasteiger partial charge on any atom is -0.744 e. The van der Waals surface area contributed by atoms with Gasteiger partial charge in [-0.1, -0.05) is 12.1 Å². The zero-order valence-corrected chi connectivity index (χ0v) is 21.7. The largest absolute Gasteiger partial charge is 1.00 e. The minimum absolute atomic E-state index is 0. The molecule has 0 aliphatic carbocycles. The molecule has 120 valence electrons. The third kappa shape index (κ3) is 6.76. The Morgan fingerprint density at radius 3 is 1.52 bits per heavy atom. The quantitative estimate of drug-likeness (QED) is 0.336. The Bertz CT molecular complexity index is 1090. The molecule has 2 aromatic carbocycles. The molecule has 25 heavy (non-hydrogen) atoms. The number of benzene rings is 2. The van der Waals surface area contributed by atoms with Crippen LogP contribution in [0.3, 0.4) is 0 Å². The van der Waals surface area contributed by atoms with Crippen LogP contribution in [0.4, 0.5) is 0 Å². The predicted octanol–water partition coefficient (Wildman–Crippen LogP) is -9.44. The summed E-state index contributed by atoms with van der Waals surface area (Å²) in [6, 6.07) is 4.04. The van der Waals surface area contributed by atoms with E-state index in [2.05, 4.69) is 0 Å². The van der Waals surface area contributed by atoms with Gasteiger partial charge in [-0.3, -0.25) is 0 Å². The molecule has 0 amide bonds. The van der Waals surface area contributed by atoms with Crippen molar-refractivity contribution in [2.75, 3.05) is 0 Å². The van der Waals surface area contributed by atoms with Gasteiger partial charge < -0.3 is 13.7 Å². The van der Waals surface area contributed by atoms with Gasteiger partial charge in [0.25, 0.3) is 0 Å². The Morgan fingerprint density at radius 1 is 0.640 bits per heavy atom. The molecule has 0 spiro atoms. The topological polar surface area (TPSA) is 172 Å². The number of hydrogen-bond acceptors (Lipinski definition) is 9. The molecule has 0 saturated carbocycles. The SMILES string of the molecule is O=S(=O)([O-])c1ccc2ccc(S(=O)(=O)[O-])c(S(=O)(=O)[O-])c2c1.[Na+].[Na+].[Na+]. The van der Waals surface area contributed by atoms with E-state index in [9.17, 15) is 38.9 Å². The van der Waals surface area contributed by atoms with Crippen LogP contribution in [-0.2, 0) is 30.4 Å². The Balaban J connectivity index is 0. The van der Waals surface area contributed by atoms with E-state index in [0.717, 1.165) is 18.2 Å². The van der Waals surface area contributed by atoms with Gasteiger partial charge >= 0.3 is 88.7 Å². The monoisotopic (exact) mass is 434 g/mol. The summed E-state index contributed by atoms with van der Waals surface area (Å²) in [5.74, 6) is 0. The summed E-state index contributed by atoms with van der Waals surface area (Å²) in [6.45, 7) is 0. The van der Waals surface area contributed by atoms with Crippen molar-refractivity contribution in [3.8, 4) is 0 Å². The van der Waals surface area contributed by atoms with Crippen LogP contribution in [0.15, 0.2) is 45.0 Å². The summed E-state index contributed by atoms with van der Waals surface area (Å²) in [7, 11) is -15.7. The van der Waals surface area contributed by atoms with Crippen LogP contribution in [0.25, 0.3) is 10.8 Å². The van der Waals surface area contributed by atoms with Gasteiger partial charge in [0.15, 0.2) is 0 Å². The van der Waals surface area contributed by atoms with Crippen molar-refractivity contribution in [1.82, 2.24) is 0 Å². The van der Waals surface area contributed by atoms with E-state index in [1.807, 2.05) is 0 Å². The van der Waals surface area contributed by atoms with Crippen molar-refractivity contribution in [3.63, 3.8) is 0 Å². The summed E-state index contributed by atoms with van der Waals surface area (Å²) < 4.78 is 100.0. The zero-order valence-electron chi connectivity index (χ0n) is 13.3. The molecule has 0 aromatic heterocycles. The van der Waals surface area contributed by atoms with Crippen LogP contribution in [-0.4, -0.2) is 38.9 Å². The molecular formula is C10H5Na3O9S3. The second-order valence-corrected chi connectivity index (χ2v) is 8.18. The van der Waals surface area contributed by atoms with E-state index in [-0.39, 0.29) is 94.1 Å². The Hall–Kier alpha value is 1.43. The molecule has 0 bridgehead atoms. The van der Waals surface area contributed by atoms with Crippen molar-refractivity contribution in [2.45, 2.75) is 14.7 Å². The zero-order chi connectivity index (χ0) is 16.9. The van der Waals surface area contributed by atoms with Gasteiger partial charge in [0.1, 0.15) is 30.4 Å². The van der Waals surface area contributed by atoms with Gasteiger partial charge in [0, 0.05) is 5.39 Å². The fourth-order valence-corrected chi connectivity index (χ4v) is 4.30. The first-order valence-corrected chi connectivity index (χ1v) is 9.49. The third-order valence-electron chi connectivity index (χ3n) is 2.72. The van der Waals surface area contributed by atoms with Crippen molar-refractivity contribution in [3.05, 3.63) is 30.3 Å². The third-order valence-corrected chi connectivity index (χ3v) is 5.49. The predicted molar refractivity (Wildman–Crippen MR) is 67.8 cm³/mol. The maximum Gasteiger partial charge on any atom is 1.00 e. The van der Waals surface area contributed by atoms with E-state index < -0.39 is 50.4 Å². The molecule has 15 heteroatoms. The second kappa shape index (κ2) is 9.76. The maximum atomic E-state index is 11.3. The van der Waals surface area contributed by atoms with Crippen LogP contribution in [0.5, 0.6) is 0 Å². The first-order chi connectivity index (χ1) is 9.82. The molecule has 0 aliphatic rings. The molecule has 0 aliphatic heterocycles. The van der Waals surface area contributed by atoms with Crippen molar-refractivity contribution < 1.29 is 128 Å². The van der Waals surface area contributed by atoms with Gasteiger partial charge in [-0.25, -0.2) is 25.3 Å². The molecule has 0 atom stereocenters. The van der Waals surface area contributed by atoms with Crippen LogP contribution in [0.1, 0.15) is 0 Å². The number of fused-ring (bicyclic) bond motifs is 1. The van der Waals surface area contributed by atoms with E-state index in [4.69, 9.17) is 0 Å². The molecule has 0 N–H and O–H groups in total. The summed E-state index contributed by atoms with van der Waals surface area (Å²) in [5.41, 5.74) is 0.